The third kappa shape index (κ3) is 19.1. The summed E-state index contributed by atoms with van der Waals surface area (Å²) in [6, 6.07) is 61.3. The van der Waals surface area contributed by atoms with Gasteiger partial charge in [0, 0.05) is 41.9 Å². The number of hydrogen-bond donors (Lipinski definition) is 2. The van der Waals surface area contributed by atoms with Gasteiger partial charge in [-0.05, 0) is 74.9 Å². The highest BCUT2D eigenvalue weighted by molar-refractivity contribution is 5.72. The van der Waals surface area contributed by atoms with Crippen LogP contribution >= 0.6 is 0 Å². The number of carbonyl (C=O) groups is 5. The van der Waals surface area contributed by atoms with Crippen molar-refractivity contribution in [3.8, 4) is 0 Å². The van der Waals surface area contributed by atoms with E-state index in [4.69, 9.17) is 76.2 Å². The molecule has 0 bridgehead atoms. The summed E-state index contributed by atoms with van der Waals surface area (Å²) in [5.41, 5.74) is 4.45. The van der Waals surface area contributed by atoms with Crippen LogP contribution in [-0.2, 0) is 101 Å². The second-order valence-corrected chi connectivity index (χ2v) is 23.3. The first-order chi connectivity index (χ1) is 44.3. The molecule has 0 saturated carbocycles. The zero-order valence-electron chi connectivity index (χ0n) is 54.5. The molecule has 2 N–H and O–H groups in total. The van der Waals surface area contributed by atoms with Gasteiger partial charge in [0.05, 0.1) is 13.2 Å². The predicted octanol–water partition coefficient (Wildman–Crippen LogP) is 9.59. The topological polar surface area (TPSA) is 255 Å². The monoisotopic (exact) mass is 1290 g/mol. The number of rotatable bonds is 18. The van der Waals surface area contributed by atoms with Gasteiger partial charge in [0.25, 0.3) is 5.97 Å². The third-order valence-corrected chi connectivity index (χ3v) is 15.1. The summed E-state index contributed by atoms with van der Waals surface area (Å²) in [4.78, 5) is 51.4. The minimum atomic E-state index is -1.10. The Morgan fingerprint density at radius 3 is 1.05 bits per heavy atom. The number of benzene rings is 6. The molecule has 4 unspecified atom stereocenters. The van der Waals surface area contributed by atoms with Gasteiger partial charge in [0.2, 0.25) is 6.29 Å². The fourth-order valence-corrected chi connectivity index (χ4v) is 11.5. The van der Waals surface area contributed by atoms with Crippen LogP contribution in [0.5, 0.6) is 0 Å². The third-order valence-electron chi connectivity index (χ3n) is 15.1. The smallest absolute Gasteiger partial charge is 0.305 e. The van der Waals surface area contributed by atoms with E-state index in [9.17, 15) is 24.3 Å². The van der Waals surface area contributed by atoms with Crippen LogP contribution in [0.2, 0.25) is 0 Å². The van der Waals surface area contributed by atoms with E-state index in [0.29, 0.717) is 6.61 Å². The van der Waals surface area contributed by atoms with Crippen molar-refractivity contribution < 1.29 is 101 Å². The molecular formula is C72H86O21. The Morgan fingerprint density at radius 1 is 0.419 bits per heavy atom. The Kier molecular flexibility index (Phi) is 26.2. The number of ether oxygens (including phenoxy) is 14. The van der Waals surface area contributed by atoms with Gasteiger partial charge >= 0.3 is 17.9 Å². The van der Waals surface area contributed by atoms with Crippen LogP contribution in [0.15, 0.2) is 182 Å². The molecular weight excluding hydrogens is 1200 g/mol. The molecule has 0 aliphatic carbocycles. The number of fused-ring (bicyclic) bond motifs is 2. The second kappa shape index (κ2) is 33.5. The molecule has 6 aromatic carbocycles. The molecule has 0 amide bonds. The van der Waals surface area contributed by atoms with Crippen molar-refractivity contribution in [1.82, 2.24) is 0 Å². The molecule has 5 saturated heterocycles. The standard InChI is InChI=1S/C28H30O5.C27H28O5.C12H18O8.C3H6O.C2H4O2/c1-27(2)32-25-24(29-3)23(31-26(25)33-27)19-30-28(20-13-7-4-8-14-20,21-15-9-5-10-16-21)22-17-11-6-12-18-22;1-26(2)31-24-23(28)22(30-25(24)32-26)18-29-27(19-12-6-3-7-13-19,20-14-8-4-9-15-20)21-16-10-5-11-17-21;1-6(13)17-5-9-10(16-4)11(18-7(2)14)12(20-9)19-8(3)15;1-3(2)4;1-2(3)4/h4-18,23-26H,19H2,1-3H3;3-17,22-25,28H,18H2,1-2H3;9-12H,5H2,1-4H3;1-2H3;1H3,(H,3,4)/t23-,24+,25-,26?;22-,23+,24-,25?;9-,10+,11?,12?;;/m111../s1. The van der Waals surface area contributed by atoms with Crippen LogP contribution in [-0.4, -0.2) is 159 Å². The average Bonchev–Trinajstić information content (AvgIpc) is 1.36. The maximum absolute atomic E-state index is 11.1. The van der Waals surface area contributed by atoms with Crippen molar-refractivity contribution in [3.63, 3.8) is 0 Å². The molecule has 11 rings (SSSR count). The first-order valence-corrected chi connectivity index (χ1v) is 30.5. The van der Waals surface area contributed by atoms with E-state index in [0.717, 1.165) is 40.3 Å². The van der Waals surface area contributed by atoms with Crippen molar-refractivity contribution in [2.45, 2.75) is 166 Å². The quantitative estimate of drug-likeness (QED) is 0.0461. The first kappa shape index (κ1) is 72.8. The van der Waals surface area contributed by atoms with Gasteiger partial charge in [0.1, 0.15) is 72.4 Å². The van der Waals surface area contributed by atoms with Crippen molar-refractivity contribution in [2.24, 2.45) is 0 Å². The van der Waals surface area contributed by atoms with Crippen molar-refractivity contribution in [3.05, 3.63) is 215 Å². The molecule has 12 atom stereocenters. The zero-order chi connectivity index (χ0) is 67.5. The summed E-state index contributed by atoms with van der Waals surface area (Å²) in [5, 5.41) is 18.3. The lowest BCUT2D eigenvalue weighted by Crippen LogP contribution is -2.41. The highest BCUT2D eigenvalue weighted by Gasteiger charge is 2.57. The van der Waals surface area contributed by atoms with Crippen LogP contribution in [0.4, 0.5) is 0 Å². The molecule has 6 aromatic rings. The van der Waals surface area contributed by atoms with Crippen molar-refractivity contribution in [2.75, 3.05) is 34.0 Å². The number of esters is 3. The number of methoxy groups -OCH3 is 2. The van der Waals surface area contributed by atoms with E-state index in [-0.39, 0.29) is 37.3 Å². The molecule has 500 valence electrons. The molecule has 5 aliphatic rings. The highest BCUT2D eigenvalue weighted by Crippen LogP contribution is 2.45. The van der Waals surface area contributed by atoms with Crippen molar-refractivity contribution in [1.29, 1.82) is 0 Å². The fourth-order valence-electron chi connectivity index (χ4n) is 11.5. The van der Waals surface area contributed by atoms with E-state index < -0.39 is 102 Å². The predicted molar refractivity (Wildman–Crippen MR) is 338 cm³/mol. The second-order valence-electron chi connectivity index (χ2n) is 23.3. The Balaban J connectivity index is 0.000000192. The van der Waals surface area contributed by atoms with Crippen LogP contribution in [0.25, 0.3) is 0 Å². The molecule has 93 heavy (non-hydrogen) atoms. The number of carbonyl (C=O) groups excluding carboxylic acids is 4. The minimum absolute atomic E-state index is 0.0939. The van der Waals surface area contributed by atoms with E-state index in [1.807, 2.05) is 137 Å². The maximum Gasteiger partial charge on any atom is 0.305 e. The number of aliphatic hydroxyl groups excluding tert-OH is 1. The highest BCUT2D eigenvalue weighted by atomic mass is 16.9. The van der Waals surface area contributed by atoms with E-state index in [1.54, 1.807) is 7.11 Å². The fraction of sp³-hybridized carbons (Fsp3) is 0.431. The number of carboxylic acids is 1. The SMILES string of the molecule is CC(=O)O.CC(C)=O.CC1(C)OC2O[C@H](COC(c3ccccc3)(c3ccccc3)c3ccccc3)[C@H](O)[C@H]2O1.CO[C@@H]1C(OC(C)=O)C(OC(C)=O)O[C@@H]1COC(C)=O.CO[C@H]1[C@@H](COC(c2ccccc2)(c2ccccc2)c2ccccc2)OC2OC(C)(C)O[C@@H]21. The molecule has 21 nitrogen and oxygen atoms in total. The Bertz CT molecular complexity index is 3070. The molecule has 5 aliphatic heterocycles. The lowest BCUT2D eigenvalue weighted by Gasteiger charge is -2.37. The lowest BCUT2D eigenvalue weighted by molar-refractivity contribution is -0.225. The Morgan fingerprint density at radius 2 is 0.731 bits per heavy atom. The van der Waals surface area contributed by atoms with E-state index in [1.165, 1.54) is 41.7 Å². The van der Waals surface area contributed by atoms with Gasteiger partial charge in [-0.2, -0.15) is 0 Å². The van der Waals surface area contributed by atoms with Crippen LogP contribution in [0.1, 0.15) is 103 Å². The summed E-state index contributed by atoms with van der Waals surface area (Å²) in [6.07, 6.45) is -7.36. The van der Waals surface area contributed by atoms with E-state index >= 15 is 0 Å². The average molecular weight is 1290 g/mol. The van der Waals surface area contributed by atoms with Gasteiger partial charge in [-0.1, -0.05) is 182 Å². The van der Waals surface area contributed by atoms with Gasteiger partial charge in [-0.3, -0.25) is 19.2 Å². The zero-order valence-corrected chi connectivity index (χ0v) is 54.5. The first-order valence-electron chi connectivity index (χ1n) is 30.5. The number of hydrogen-bond acceptors (Lipinski definition) is 20. The van der Waals surface area contributed by atoms with E-state index in [2.05, 4.69) is 72.8 Å². The van der Waals surface area contributed by atoms with Gasteiger partial charge in [-0.25, -0.2) is 0 Å². The summed E-state index contributed by atoms with van der Waals surface area (Å²) in [5.74, 6) is -3.77. The molecule has 0 radical (unpaired) electrons. The molecule has 0 spiro atoms. The number of Topliss-reactive ketones (excluding diaryl/α,β-unsaturated/α-hetero) is 1. The largest absolute Gasteiger partial charge is 0.481 e. The summed E-state index contributed by atoms with van der Waals surface area (Å²) >= 11 is 0. The normalized spacial score (nSPS) is 25.3. The summed E-state index contributed by atoms with van der Waals surface area (Å²) in [6.45, 7) is 15.6. The number of aliphatic hydroxyl groups is 1. The Labute approximate surface area is 543 Å². The van der Waals surface area contributed by atoms with Gasteiger partial charge in [0.15, 0.2) is 30.3 Å². The van der Waals surface area contributed by atoms with Crippen LogP contribution < -0.4 is 0 Å². The van der Waals surface area contributed by atoms with Crippen molar-refractivity contribution >= 4 is 29.7 Å². The maximum atomic E-state index is 11.1. The molecule has 0 aromatic heterocycles. The minimum Gasteiger partial charge on any atom is -0.481 e. The molecule has 5 fully saturated rings. The number of aliphatic carboxylic acids is 1. The van der Waals surface area contributed by atoms with Crippen LogP contribution in [0, 0.1) is 0 Å². The molecule has 5 heterocycles. The number of ketones is 1. The van der Waals surface area contributed by atoms with Gasteiger partial charge in [-0.15, -0.1) is 0 Å². The summed E-state index contributed by atoms with van der Waals surface area (Å²) in [7, 11) is 3.07. The Hall–Kier alpha value is -7.61. The summed E-state index contributed by atoms with van der Waals surface area (Å²) < 4.78 is 80.8. The lowest BCUT2D eigenvalue weighted by atomic mass is 9.80. The number of carboxylic acid groups (broad SMARTS) is 1. The van der Waals surface area contributed by atoms with Crippen LogP contribution in [0.3, 0.4) is 0 Å². The molecule has 21 heteroatoms. The van der Waals surface area contributed by atoms with Gasteiger partial charge < -0.3 is 81.3 Å².